The number of fused-ring (bicyclic) bond motifs is 1. The molecule has 5 rings (SSSR count). The molecular formula is C16H16N6O2. The van der Waals surface area contributed by atoms with Gasteiger partial charge in [-0.25, -0.2) is 0 Å². The molecule has 1 N–H and O–H groups in total. The number of aromatic nitrogens is 5. The Kier molecular flexibility index (Phi) is 2.91. The minimum atomic E-state index is -0.0122. The molecule has 0 atom stereocenters. The lowest BCUT2D eigenvalue weighted by Crippen LogP contribution is -2.27. The van der Waals surface area contributed by atoms with Gasteiger partial charge in [0, 0.05) is 23.7 Å². The van der Waals surface area contributed by atoms with Gasteiger partial charge in [0.25, 0.3) is 5.89 Å². The lowest BCUT2D eigenvalue weighted by Gasteiger charge is -2.02. The van der Waals surface area contributed by atoms with E-state index in [-0.39, 0.29) is 12.3 Å². The largest absolute Gasteiger partial charge is 0.353 e. The van der Waals surface area contributed by atoms with E-state index in [1.165, 1.54) is 0 Å². The van der Waals surface area contributed by atoms with E-state index in [1.54, 1.807) is 0 Å². The molecule has 3 heterocycles. The summed E-state index contributed by atoms with van der Waals surface area (Å²) in [5.41, 5.74) is 1.47. The standard InChI is InChI=1S/C16H16N6O2/c23-14(17-11-3-4-11)8-13-20-19-12-7-10(5-6-22(12)13)16-18-15(21-24-16)9-1-2-9/h5-7,9,11H,1-4,8H2,(H,17,23). The SMILES string of the molecule is O=C(Cc1nnc2cc(-c3nc(C4CC4)no3)ccn12)NC1CC1. The summed E-state index contributed by atoms with van der Waals surface area (Å²) in [7, 11) is 0. The highest BCUT2D eigenvalue weighted by atomic mass is 16.5. The molecule has 0 radical (unpaired) electrons. The molecule has 24 heavy (non-hydrogen) atoms. The molecule has 122 valence electrons. The Morgan fingerprint density at radius 3 is 2.96 bits per heavy atom. The average molecular weight is 324 g/mol. The summed E-state index contributed by atoms with van der Waals surface area (Å²) in [6, 6.07) is 4.07. The Hall–Kier alpha value is -2.77. The molecular weight excluding hydrogens is 308 g/mol. The van der Waals surface area contributed by atoms with E-state index in [0.717, 1.165) is 37.1 Å². The second-order valence-corrected chi connectivity index (χ2v) is 6.51. The molecule has 0 spiro atoms. The van der Waals surface area contributed by atoms with Crippen LogP contribution in [0.4, 0.5) is 0 Å². The number of rotatable bonds is 5. The van der Waals surface area contributed by atoms with Crippen LogP contribution in [0.25, 0.3) is 17.1 Å². The molecule has 1 amide bonds. The Morgan fingerprint density at radius 1 is 1.29 bits per heavy atom. The van der Waals surface area contributed by atoms with Crippen LogP contribution in [0.3, 0.4) is 0 Å². The van der Waals surface area contributed by atoms with Gasteiger partial charge < -0.3 is 9.84 Å². The Labute approximate surface area is 137 Å². The zero-order chi connectivity index (χ0) is 16.1. The van der Waals surface area contributed by atoms with Gasteiger partial charge in [-0.2, -0.15) is 4.98 Å². The van der Waals surface area contributed by atoms with E-state index < -0.39 is 0 Å². The van der Waals surface area contributed by atoms with Crippen LogP contribution in [0, 0.1) is 0 Å². The Bertz CT molecular complexity index is 922. The summed E-state index contributed by atoms with van der Waals surface area (Å²) >= 11 is 0. The summed E-state index contributed by atoms with van der Waals surface area (Å²) in [5.74, 6) is 2.34. The molecule has 0 aliphatic heterocycles. The lowest BCUT2D eigenvalue weighted by molar-refractivity contribution is -0.120. The van der Waals surface area contributed by atoms with Crippen LogP contribution < -0.4 is 5.32 Å². The second-order valence-electron chi connectivity index (χ2n) is 6.51. The maximum atomic E-state index is 11.9. The number of carbonyl (C=O) groups excluding carboxylic acids is 1. The molecule has 2 aliphatic carbocycles. The van der Waals surface area contributed by atoms with Crippen molar-refractivity contribution in [1.82, 2.24) is 30.1 Å². The van der Waals surface area contributed by atoms with Crippen LogP contribution in [0.1, 0.15) is 43.3 Å². The topological polar surface area (TPSA) is 98.2 Å². The minimum Gasteiger partial charge on any atom is -0.353 e. The normalized spacial score (nSPS) is 17.3. The van der Waals surface area contributed by atoms with Crippen LogP contribution >= 0.6 is 0 Å². The first-order chi connectivity index (χ1) is 11.8. The maximum absolute atomic E-state index is 11.9. The number of amides is 1. The summed E-state index contributed by atoms with van der Waals surface area (Å²) in [6.07, 6.45) is 6.48. The van der Waals surface area contributed by atoms with Crippen molar-refractivity contribution in [2.75, 3.05) is 0 Å². The molecule has 8 nitrogen and oxygen atoms in total. The van der Waals surface area contributed by atoms with Gasteiger partial charge in [0.2, 0.25) is 5.91 Å². The lowest BCUT2D eigenvalue weighted by atomic mass is 10.2. The first-order valence-corrected chi connectivity index (χ1v) is 8.23. The Morgan fingerprint density at radius 2 is 2.17 bits per heavy atom. The second kappa shape index (κ2) is 5.12. The van der Waals surface area contributed by atoms with Crippen LogP contribution in [-0.2, 0) is 11.2 Å². The molecule has 3 aromatic heterocycles. The highest BCUT2D eigenvalue weighted by Gasteiger charge is 2.29. The minimum absolute atomic E-state index is 0.0122. The van der Waals surface area contributed by atoms with Crippen molar-refractivity contribution >= 4 is 11.6 Å². The molecule has 2 saturated carbocycles. The fourth-order valence-electron chi connectivity index (χ4n) is 2.70. The maximum Gasteiger partial charge on any atom is 0.258 e. The van der Waals surface area contributed by atoms with Gasteiger partial charge in [0.15, 0.2) is 11.5 Å². The van der Waals surface area contributed by atoms with Crippen molar-refractivity contribution in [2.45, 2.75) is 44.1 Å². The predicted octanol–water partition coefficient (Wildman–Crippen LogP) is 1.48. The van der Waals surface area contributed by atoms with Crippen molar-refractivity contribution in [3.63, 3.8) is 0 Å². The van der Waals surface area contributed by atoms with Crippen molar-refractivity contribution in [2.24, 2.45) is 0 Å². The number of hydrogen-bond acceptors (Lipinski definition) is 6. The van der Waals surface area contributed by atoms with Gasteiger partial charge in [0.1, 0.15) is 5.82 Å². The van der Waals surface area contributed by atoms with E-state index in [0.29, 0.717) is 29.3 Å². The molecule has 2 fully saturated rings. The quantitative estimate of drug-likeness (QED) is 0.763. The van der Waals surface area contributed by atoms with Crippen LogP contribution in [0.15, 0.2) is 22.9 Å². The van der Waals surface area contributed by atoms with E-state index >= 15 is 0 Å². The van der Waals surface area contributed by atoms with Crippen molar-refractivity contribution in [3.05, 3.63) is 30.0 Å². The molecule has 0 aromatic carbocycles. The first-order valence-electron chi connectivity index (χ1n) is 8.23. The van der Waals surface area contributed by atoms with E-state index in [1.807, 2.05) is 22.7 Å². The van der Waals surface area contributed by atoms with E-state index in [2.05, 4.69) is 25.7 Å². The average Bonchev–Trinajstić information content (AvgIpc) is 3.50. The van der Waals surface area contributed by atoms with Gasteiger partial charge in [0.05, 0.1) is 6.42 Å². The zero-order valence-electron chi connectivity index (χ0n) is 13.0. The monoisotopic (exact) mass is 324 g/mol. The molecule has 3 aromatic rings. The number of nitrogens with zero attached hydrogens (tertiary/aromatic N) is 5. The zero-order valence-corrected chi connectivity index (χ0v) is 13.0. The Balaban J connectivity index is 1.40. The van der Waals surface area contributed by atoms with Crippen molar-refractivity contribution < 1.29 is 9.32 Å². The number of nitrogens with one attached hydrogen (secondary N) is 1. The molecule has 0 saturated heterocycles. The summed E-state index contributed by atoms with van der Waals surface area (Å²) < 4.78 is 7.15. The van der Waals surface area contributed by atoms with Crippen LogP contribution in [-0.4, -0.2) is 36.7 Å². The number of hydrogen-bond donors (Lipinski definition) is 1. The molecule has 8 heteroatoms. The van der Waals surface area contributed by atoms with Crippen LogP contribution in [0.2, 0.25) is 0 Å². The van der Waals surface area contributed by atoms with Gasteiger partial charge in [-0.05, 0) is 37.8 Å². The van der Waals surface area contributed by atoms with Gasteiger partial charge in [-0.1, -0.05) is 5.16 Å². The third-order valence-corrected chi connectivity index (χ3v) is 4.37. The smallest absolute Gasteiger partial charge is 0.258 e. The highest BCUT2D eigenvalue weighted by Crippen LogP contribution is 2.38. The third-order valence-electron chi connectivity index (χ3n) is 4.37. The molecule has 2 aliphatic rings. The number of pyridine rings is 1. The van der Waals surface area contributed by atoms with Gasteiger partial charge in [-0.15, -0.1) is 10.2 Å². The van der Waals surface area contributed by atoms with E-state index in [4.69, 9.17) is 4.52 Å². The molecule has 0 bridgehead atoms. The highest BCUT2D eigenvalue weighted by molar-refractivity contribution is 5.78. The number of carbonyl (C=O) groups is 1. The van der Waals surface area contributed by atoms with E-state index in [9.17, 15) is 4.79 Å². The van der Waals surface area contributed by atoms with Gasteiger partial charge in [-0.3, -0.25) is 9.20 Å². The summed E-state index contributed by atoms with van der Waals surface area (Å²) in [4.78, 5) is 16.4. The van der Waals surface area contributed by atoms with Crippen molar-refractivity contribution in [3.8, 4) is 11.5 Å². The third kappa shape index (κ3) is 2.53. The fourth-order valence-corrected chi connectivity index (χ4v) is 2.70. The van der Waals surface area contributed by atoms with Crippen LogP contribution in [0.5, 0.6) is 0 Å². The predicted molar refractivity (Wildman–Crippen MR) is 83.1 cm³/mol. The summed E-state index contributed by atoms with van der Waals surface area (Å²) in [5, 5.41) is 15.3. The fraction of sp³-hybridized carbons (Fsp3) is 0.438. The first kappa shape index (κ1) is 13.6. The summed E-state index contributed by atoms with van der Waals surface area (Å²) in [6.45, 7) is 0. The molecule has 0 unspecified atom stereocenters. The van der Waals surface area contributed by atoms with Gasteiger partial charge >= 0.3 is 0 Å². The van der Waals surface area contributed by atoms with Crippen molar-refractivity contribution in [1.29, 1.82) is 0 Å².